The number of nitrogens with one attached hydrogen (secondary N) is 2. The zero-order chi connectivity index (χ0) is 17.8. The van der Waals surface area contributed by atoms with Crippen LogP contribution in [0.5, 0.6) is 0 Å². The van der Waals surface area contributed by atoms with E-state index in [-0.39, 0.29) is 18.0 Å². The molecule has 0 saturated carbocycles. The number of aromatic amines is 1. The smallest absolute Gasteiger partial charge is 0.337 e. The third kappa shape index (κ3) is 2.23. The minimum Gasteiger partial charge on any atom is -0.497 e. The zero-order valence-electron chi connectivity index (χ0n) is 15.2. The fourth-order valence-corrected chi connectivity index (χ4v) is 5.39. The van der Waals surface area contributed by atoms with Crippen LogP contribution in [-0.2, 0) is 20.7 Å². The first-order valence-corrected chi connectivity index (χ1v) is 9.55. The summed E-state index contributed by atoms with van der Waals surface area (Å²) in [6.45, 7) is 4.31. The Bertz CT molecular complexity index is 900. The quantitative estimate of drug-likeness (QED) is 0.768. The number of ether oxygens (including phenoxy) is 2. The Morgan fingerprint density at radius 1 is 1.35 bits per heavy atom. The van der Waals surface area contributed by atoms with Gasteiger partial charge in [0.2, 0.25) is 0 Å². The number of para-hydroxylation sites is 1. The summed E-state index contributed by atoms with van der Waals surface area (Å²) in [7, 11) is 1.45. The number of piperidine rings is 1. The molecule has 5 rings (SSSR count). The molecular formula is C21H25N2O3+. The second-order valence-corrected chi connectivity index (χ2v) is 7.89. The average molecular weight is 353 g/mol. The maximum Gasteiger partial charge on any atom is 0.337 e. The zero-order valence-corrected chi connectivity index (χ0v) is 15.2. The van der Waals surface area contributed by atoms with E-state index in [1.165, 1.54) is 29.3 Å². The van der Waals surface area contributed by atoms with E-state index in [4.69, 9.17) is 9.47 Å². The van der Waals surface area contributed by atoms with Gasteiger partial charge in [-0.1, -0.05) is 18.2 Å². The number of hydrogen-bond acceptors (Lipinski definition) is 3. The van der Waals surface area contributed by atoms with Gasteiger partial charge >= 0.3 is 5.97 Å². The van der Waals surface area contributed by atoms with Crippen LogP contribution in [0.4, 0.5) is 0 Å². The number of quaternary nitrogens is 1. The Balaban J connectivity index is 1.55. The molecule has 2 N–H and O–H groups in total. The van der Waals surface area contributed by atoms with Crippen molar-refractivity contribution in [2.45, 2.75) is 31.9 Å². The summed E-state index contributed by atoms with van der Waals surface area (Å²) in [5.41, 5.74) is 4.77. The molecule has 1 aromatic carbocycles. The van der Waals surface area contributed by atoms with Crippen molar-refractivity contribution >= 4 is 16.9 Å². The second kappa shape index (κ2) is 5.88. The Labute approximate surface area is 153 Å². The van der Waals surface area contributed by atoms with E-state index in [0.29, 0.717) is 17.5 Å². The van der Waals surface area contributed by atoms with E-state index < -0.39 is 0 Å². The normalized spacial score (nSPS) is 32.7. The van der Waals surface area contributed by atoms with Gasteiger partial charge in [-0.05, 0) is 18.6 Å². The highest BCUT2D eigenvalue weighted by molar-refractivity contribution is 5.89. The van der Waals surface area contributed by atoms with Crippen molar-refractivity contribution in [3.05, 3.63) is 47.4 Å². The molecular weight excluding hydrogens is 328 g/mol. The number of fused-ring (bicyclic) bond motifs is 6. The minimum absolute atomic E-state index is 0.144. The highest BCUT2D eigenvalue weighted by Crippen LogP contribution is 2.41. The molecule has 0 bridgehead atoms. The van der Waals surface area contributed by atoms with Crippen LogP contribution in [-0.4, -0.2) is 37.3 Å². The summed E-state index contributed by atoms with van der Waals surface area (Å²) in [6.07, 6.45) is 3.87. The Morgan fingerprint density at radius 2 is 2.19 bits per heavy atom. The number of esters is 1. The number of carbonyl (C=O) groups excluding carboxylic acids is 1. The monoisotopic (exact) mass is 353 g/mol. The standard InChI is InChI=1S/C21H24N2O3/c1-12-16-10-23-8-7-14-13-5-3-4-6-18(13)22-20(14)19(23)9-15(16)17(11-26-12)21(24)25-2/h3-6,11-12,15-16,19,22H,7-10H2,1-2H3/p+1/t12-,15-,16+,19-/m1/s1. The van der Waals surface area contributed by atoms with E-state index in [0.717, 1.165) is 25.9 Å². The van der Waals surface area contributed by atoms with Crippen LogP contribution in [0.2, 0.25) is 0 Å². The van der Waals surface area contributed by atoms with Gasteiger partial charge in [-0.25, -0.2) is 4.79 Å². The van der Waals surface area contributed by atoms with Crippen molar-refractivity contribution in [1.29, 1.82) is 0 Å². The SMILES string of the molecule is COC(=O)C1=CO[C@H](C)[C@@H]2C[NH+]3CCc4c([nH]c5ccccc45)[C@H]3C[C@@H]12. The van der Waals surface area contributed by atoms with Crippen LogP contribution < -0.4 is 4.90 Å². The Morgan fingerprint density at radius 3 is 3.04 bits per heavy atom. The Hall–Kier alpha value is -2.27. The molecule has 0 amide bonds. The largest absolute Gasteiger partial charge is 0.497 e. The molecule has 4 heterocycles. The number of methoxy groups -OCH3 is 1. The maximum atomic E-state index is 12.3. The molecule has 1 aromatic heterocycles. The van der Waals surface area contributed by atoms with Gasteiger partial charge in [0.25, 0.3) is 0 Å². The molecule has 1 fully saturated rings. The molecule has 3 aliphatic rings. The van der Waals surface area contributed by atoms with Crippen LogP contribution in [0, 0.1) is 11.8 Å². The molecule has 0 radical (unpaired) electrons. The lowest BCUT2D eigenvalue weighted by atomic mass is 9.72. The lowest BCUT2D eigenvalue weighted by Crippen LogP contribution is -3.15. The van der Waals surface area contributed by atoms with Crippen LogP contribution in [0.1, 0.15) is 30.6 Å². The van der Waals surface area contributed by atoms with Crippen molar-refractivity contribution in [2.75, 3.05) is 20.2 Å². The molecule has 2 aromatic rings. The lowest BCUT2D eigenvalue weighted by molar-refractivity contribution is -0.944. The van der Waals surface area contributed by atoms with Gasteiger partial charge in [-0.15, -0.1) is 0 Å². The van der Waals surface area contributed by atoms with E-state index in [9.17, 15) is 4.79 Å². The van der Waals surface area contributed by atoms with Crippen molar-refractivity contribution in [1.82, 2.24) is 4.98 Å². The van der Waals surface area contributed by atoms with E-state index in [1.54, 1.807) is 11.2 Å². The first-order chi connectivity index (χ1) is 12.7. The maximum absolute atomic E-state index is 12.3. The highest BCUT2D eigenvalue weighted by Gasteiger charge is 2.49. The highest BCUT2D eigenvalue weighted by atomic mass is 16.5. The first-order valence-electron chi connectivity index (χ1n) is 9.55. The van der Waals surface area contributed by atoms with Crippen molar-refractivity contribution in [3.8, 4) is 0 Å². The Kier molecular flexibility index (Phi) is 3.60. The van der Waals surface area contributed by atoms with Crippen LogP contribution >= 0.6 is 0 Å². The summed E-state index contributed by atoms with van der Waals surface area (Å²) >= 11 is 0. The molecule has 5 heteroatoms. The predicted octanol–water partition coefficient (Wildman–Crippen LogP) is 1.76. The molecule has 3 aliphatic heterocycles. The summed E-state index contributed by atoms with van der Waals surface area (Å²) in [4.78, 5) is 17.6. The summed E-state index contributed by atoms with van der Waals surface area (Å²) in [5.74, 6) is 0.326. The molecule has 1 unspecified atom stereocenters. The van der Waals surface area contributed by atoms with Crippen molar-refractivity contribution in [3.63, 3.8) is 0 Å². The van der Waals surface area contributed by atoms with Gasteiger partial charge < -0.3 is 19.4 Å². The summed E-state index contributed by atoms with van der Waals surface area (Å²) in [5, 5.41) is 1.35. The molecule has 0 spiro atoms. The van der Waals surface area contributed by atoms with Crippen LogP contribution in [0.25, 0.3) is 10.9 Å². The van der Waals surface area contributed by atoms with Gasteiger partial charge in [0.05, 0.1) is 43.6 Å². The predicted molar refractivity (Wildman–Crippen MR) is 97.7 cm³/mol. The van der Waals surface area contributed by atoms with Gasteiger partial charge in [0.15, 0.2) is 0 Å². The third-order valence-electron chi connectivity index (χ3n) is 6.72. The van der Waals surface area contributed by atoms with E-state index >= 15 is 0 Å². The van der Waals surface area contributed by atoms with Gasteiger partial charge in [0.1, 0.15) is 12.1 Å². The molecule has 136 valence electrons. The third-order valence-corrected chi connectivity index (χ3v) is 6.72. The first kappa shape index (κ1) is 15.9. The lowest BCUT2D eigenvalue weighted by Gasteiger charge is -2.46. The van der Waals surface area contributed by atoms with E-state index in [2.05, 4.69) is 36.2 Å². The van der Waals surface area contributed by atoms with Gasteiger partial charge in [-0.3, -0.25) is 0 Å². The number of H-pyrrole nitrogens is 1. The topological polar surface area (TPSA) is 55.8 Å². The number of rotatable bonds is 1. The average Bonchev–Trinajstić information content (AvgIpc) is 3.06. The number of aromatic nitrogens is 1. The summed E-state index contributed by atoms with van der Waals surface area (Å²) < 4.78 is 10.8. The van der Waals surface area contributed by atoms with E-state index in [1.807, 2.05) is 0 Å². The molecule has 1 saturated heterocycles. The molecule has 5 atom stereocenters. The number of hydrogen-bond donors (Lipinski definition) is 2. The molecule has 0 aliphatic carbocycles. The summed E-state index contributed by atoms with van der Waals surface area (Å²) in [6, 6.07) is 8.99. The van der Waals surface area contributed by atoms with Gasteiger partial charge in [-0.2, -0.15) is 0 Å². The van der Waals surface area contributed by atoms with Crippen LogP contribution in [0.15, 0.2) is 36.1 Å². The second-order valence-electron chi connectivity index (χ2n) is 7.89. The number of benzene rings is 1. The van der Waals surface area contributed by atoms with Gasteiger partial charge in [0, 0.05) is 29.7 Å². The van der Waals surface area contributed by atoms with Crippen molar-refractivity contribution < 1.29 is 19.2 Å². The minimum atomic E-state index is -0.247. The fraction of sp³-hybridized carbons (Fsp3) is 0.476. The van der Waals surface area contributed by atoms with Crippen molar-refractivity contribution in [2.24, 2.45) is 11.8 Å². The molecule has 5 nitrogen and oxygen atoms in total. The fourth-order valence-electron chi connectivity index (χ4n) is 5.39. The number of carbonyl (C=O) groups is 1. The van der Waals surface area contributed by atoms with Crippen LogP contribution in [0.3, 0.4) is 0 Å². The molecule has 26 heavy (non-hydrogen) atoms.